The monoisotopic (exact) mass is 455 g/mol. The Morgan fingerprint density at radius 3 is 2.52 bits per heavy atom. The van der Waals surface area contributed by atoms with Gasteiger partial charge in [0.15, 0.2) is 17.4 Å². The largest absolute Gasteiger partial charge is 0.486 e. The average molecular weight is 455 g/mol. The molecule has 0 unspecified atom stereocenters. The Morgan fingerprint density at radius 2 is 1.80 bits per heavy atom. The molecule has 7 heteroatoms. The van der Waals surface area contributed by atoms with E-state index in [9.17, 15) is 13.6 Å². The maximum atomic E-state index is 13.2. The van der Waals surface area contributed by atoms with Crippen LogP contribution >= 0.6 is 22.6 Å². The minimum Gasteiger partial charge on any atom is -0.486 e. The molecule has 0 saturated heterocycles. The number of anilines is 1. The zero-order valence-electron chi connectivity index (χ0n) is 12.8. The van der Waals surface area contributed by atoms with Crippen molar-refractivity contribution in [1.29, 1.82) is 0 Å². The molecule has 0 atom stereocenters. The van der Waals surface area contributed by atoms with Gasteiger partial charge in [0, 0.05) is 15.3 Å². The third kappa shape index (κ3) is 4.56. The highest BCUT2D eigenvalue weighted by atomic mass is 127. The summed E-state index contributed by atoms with van der Waals surface area (Å²) in [5.74, 6) is -1.38. The van der Waals surface area contributed by atoms with Gasteiger partial charge in [0.05, 0.1) is 0 Å². The highest BCUT2D eigenvalue weighted by molar-refractivity contribution is 14.1. The van der Waals surface area contributed by atoms with E-state index in [0.717, 1.165) is 15.7 Å². The SMILES string of the molecule is O=C(Nc1ccc(F)c(F)c1)c1ccc(COc2ccc(I)cc2)o1. The summed E-state index contributed by atoms with van der Waals surface area (Å²) in [4.78, 5) is 12.1. The number of carbonyl (C=O) groups excluding carboxylic acids is 1. The first kappa shape index (κ1) is 17.4. The minimum atomic E-state index is -1.04. The second kappa shape index (κ2) is 7.64. The zero-order valence-corrected chi connectivity index (χ0v) is 14.9. The highest BCUT2D eigenvalue weighted by Crippen LogP contribution is 2.18. The zero-order chi connectivity index (χ0) is 17.8. The van der Waals surface area contributed by atoms with Crippen LogP contribution in [0.5, 0.6) is 5.75 Å². The number of halogens is 3. The summed E-state index contributed by atoms with van der Waals surface area (Å²) in [6.07, 6.45) is 0. The Labute approximate surface area is 155 Å². The second-order valence-electron chi connectivity index (χ2n) is 5.09. The standard InChI is InChI=1S/C18H12F2INO3/c19-15-7-3-12(9-16(15)20)22-18(23)17-8-6-14(25-17)10-24-13-4-1-11(21)2-5-13/h1-9H,10H2,(H,22,23). The molecule has 3 aromatic rings. The van der Waals surface area contributed by atoms with E-state index >= 15 is 0 Å². The van der Waals surface area contributed by atoms with Crippen LogP contribution in [0.4, 0.5) is 14.5 Å². The van der Waals surface area contributed by atoms with Crippen molar-refractivity contribution in [2.75, 3.05) is 5.32 Å². The molecule has 0 fully saturated rings. The number of amides is 1. The topological polar surface area (TPSA) is 51.5 Å². The Kier molecular flexibility index (Phi) is 5.32. The van der Waals surface area contributed by atoms with Gasteiger partial charge in [-0.05, 0) is 71.1 Å². The van der Waals surface area contributed by atoms with Crippen LogP contribution in [-0.2, 0) is 6.61 Å². The minimum absolute atomic E-state index is 0.0472. The van der Waals surface area contributed by atoms with Crippen LogP contribution in [0, 0.1) is 15.2 Å². The molecule has 0 saturated carbocycles. The van der Waals surface area contributed by atoms with Crippen molar-refractivity contribution < 1.29 is 22.7 Å². The van der Waals surface area contributed by atoms with E-state index in [-0.39, 0.29) is 18.1 Å². The van der Waals surface area contributed by atoms with Gasteiger partial charge in [-0.3, -0.25) is 4.79 Å². The molecule has 4 nitrogen and oxygen atoms in total. The third-order valence-electron chi connectivity index (χ3n) is 3.26. The van der Waals surface area contributed by atoms with E-state index in [1.54, 1.807) is 6.07 Å². The molecular weight excluding hydrogens is 443 g/mol. The Bertz CT molecular complexity index is 894. The van der Waals surface area contributed by atoms with Crippen molar-refractivity contribution in [3.8, 4) is 5.75 Å². The number of benzene rings is 2. The lowest BCUT2D eigenvalue weighted by Crippen LogP contribution is -2.11. The summed E-state index contributed by atoms with van der Waals surface area (Å²) in [6, 6.07) is 13.7. The predicted molar refractivity (Wildman–Crippen MR) is 96.5 cm³/mol. The van der Waals surface area contributed by atoms with E-state index in [1.165, 1.54) is 12.1 Å². The molecular formula is C18H12F2INO3. The number of nitrogens with one attached hydrogen (secondary N) is 1. The van der Waals surface area contributed by atoms with Crippen molar-refractivity contribution in [2.45, 2.75) is 6.61 Å². The summed E-state index contributed by atoms with van der Waals surface area (Å²) in [5, 5.41) is 2.44. The fraction of sp³-hybridized carbons (Fsp3) is 0.0556. The number of rotatable bonds is 5. The van der Waals surface area contributed by atoms with E-state index in [4.69, 9.17) is 9.15 Å². The van der Waals surface area contributed by atoms with Crippen LogP contribution in [0.25, 0.3) is 0 Å². The van der Waals surface area contributed by atoms with Crippen molar-refractivity contribution in [2.24, 2.45) is 0 Å². The van der Waals surface area contributed by atoms with Gasteiger partial charge in [0.25, 0.3) is 5.91 Å². The number of hydrogen-bond donors (Lipinski definition) is 1. The molecule has 0 aliphatic rings. The van der Waals surface area contributed by atoms with Crippen LogP contribution < -0.4 is 10.1 Å². The van der Waals surface area contributed by atoms with Crippen molar-refractivity contribution >= 4 is 34.2 Å². The molecule has 1 heterocycles. The number of carbonyl (C=O) groups is 1. The Morgan fingerprint density at radius 1 is 1.04 bits per heavy atom. The highest BCUT2D eigenvalue weighted by Gasteiger charge is 2.13. The lowest BCUT2D eigenvalue weighted by atomic mass is 10.3. The third-order valence-corrected chi connectivity index (χ3v) is 3.98. The molecule has 128 valence electrons. The summed E-state index contributed by atoms with van der Waals surface area (Å²) in [6.45, 7) is 0.166. The maximum absolute atomic E-state index is 13.2. The average Bonchev–Trinajstić information content (AvgIpc) is 3.07. The molecule has 25 heavy (non-hydrogen) atoms. The molecule has 2 aromatic carbocycles. The molecule has 0 radical (unpaired) electrons. The van der Waals surface area contributed by atoms with Crippen molar-refractivity contribution in [1.82, 2.24) is 0 Å². The molecule has 1 amide bonds. The first-order chi connectivity index (χ1) is 12.0. The van der Waals surface area contributed by atoms with Gasteiger partial charge >= 0.3 is 0 Å². The van der Waals surface area contributed by atoms with Crippen molar-refractivity contribution in [3.05, 3.63) is 81.3 Å². The summed E-state index contributed by atoms with van der Waals surface area (Å²) >= 11 is 2.20. The smallest absolute Gasteiger partial charge is 0.291 e. The molecule has 3 rings (SSSR count). The first-order valence-electron chi connectivity index (χ1n) is 7.25. The lowest BCUT2D eigenvalue weighted by molar-refractivity contribution is 0.0992. The van der Waals surface area contributed by atoms with Crippen LogP contribution in [0.3, 0.4) is 0 Å². The van der Waals surface area contributed by atoms with Crippen molar-refractivity contribution in [3.63, 3.8) is 0 Å². The van der Waals surface area contributed by atoms with Gasteiger partial charge in [-0.1, -0.05) is 0 Å². The van der Waals surface area contributed by atoms with Gasteiger partial charge in [-0.2, -0.15) is 0 Å². The molecule has 0 spiro atoms. The lowest BCUT2D eigenvalue weighted by Gasteiger charge is -2.05. The quantitative estimate of drug-likeness (QED) is 0.552. The van der Waals surface area contributed by atoms with E-state index in [0.29, 0.717) is 11.5 Å². The van der Waals surface area contributed by atoms with Crippen LogP contribution in [0.2, 0.25) is 0 Å². The number of ether oxygens (including phenoxy) is 1. The fourth-order valence-corrected chi connectivity index (χ4v) is 2.39. The summed E-state index contributed by atoms with van der Waals surface area (Å²) in [7, 11) is 0. The maximum Gasteiger partial charge on any atom is 0.291 e. The number of furan rings is 1. The van der Waals surface area contributed by atoms with Gasteiger partial charge < -0.3 is 14.5 Å². The van der Waals surface area contributed by atoms with E-state index < -0.39 is 17.5 Å². The fourth-order valence-electron chi connectivity index (χ4n) is 2.03. The summed E-state index contributed by atoms with van der Waals surface area (Å²) < 4.78 is 38.1. The molecule has 1 aromatic heterocycles. The van der Waals surface area contributed by atoms with Gasteiger partial charge in [0.2, 0.25) is 0 Å². The molecule has 0 aliphatic heterocycles. The molecule has 0 bridgehead atoms. The van der Waals surface area contributed by atoms with Crippen LogP contribution in [0.15, 0.2) is 59.0 Å². The molecule has 1 N–H and O–H groups in total. The van der Waals surface area contributed by atoms with E-state index in [2.05, 4.69) is 27.9 Å². The van der Waals surface area contributed by atoms with Crippen LogP contribution in [0.1, 0.15) is 16.3 Å². The van der Waals surface area contributed by atoms with Gasteiger partial charge in [0.1, 0.15) is 18.1 Å². The Hall–Kier alpha value is -2.42. The van der Waals surface area contributed by atoms with E-state index in [1.807, 2.05) is 24.3 Å². The van der Waals surface area contributed by atoms with Gasteiger partial charge in [-0.15, -0.1) is 0 Å². The van der Waals surface area contributed by atoms with Crippen LogP contribution in [-0.4, -0.2) is 5.91 Å². The molecule has 0 aliphatic carbocycles. The second-order valence-corrected chi connectivity index (χ2v) is 6.34. The summed E-state index contributed by atoms with van der Waals surface area (Å²) in [5.41, 5.74) is 0.136. The first-order valence-corrected chi connectivity index (χ1v) is 8.32. The Balaban J connectivity index is 1.61. The predicted octanol–water partition coefficient (Wildman–Crippen LogP) is 4.99. The number of hydrogen-bond acceptors (Lipinski definition) is 3. The normalized spacial score (nSPS) is 10.5. The van der Waals surface area contributed by atoms with Gasteiger partial charge in [-0.25, -0.2) is 8.78 Å².